The van der Waals surface area contributed by atoms with Crippen LogP contribution in [0.1, 0.15) is 124 Å². The summed E-state index contributed by atoms with van der Waals surface area (Å²) in [6.07, 6.45) is 11.6. The number of amides is 1. The van der Waals surface area contributed by atoms with Crippen molar-refractivity contribution in [3.8, 4) is 0 Å². The van der Waals surface area contributed by atoms with Gasteiger partial charge in [0.25, 0.3) is 0 Å². The molecule has 4 aliphatic rings. The summed E-state index contributed by atoms with van der Waals surface area (Å²) < 4.78 is 0. The molecule has 0 heterocycles. The number of carbonyl (C=O) groups excluding carboxylic acids is 2. The average Bonchev–Trinajstić information content (AvgIpc) is 3.25. The lowest BCUT2D eigenvalue weighted by Crippen LogP contribution is -2.62. The molecule has 4 rings (SSSR count). The van der Waals surface area contributed by atoms with Gasteiger partial charge in [-0.05, 0) is 111 Å². The van der Waals surface area contributed by atoms with Gasteiger partial charge in [0, 0.05) is 25.8 Å². The van der Waals surface area contributed by atoms with E-state index >= 15 is 0 Å². The highest BCUT2D eigenvalue weighted by atomic mass is 16.3. The number of aliphatic hydroxyl groups excluding tert-OH is 3. The van der Waals surface area contributed by atoms with Gasteiger partial charge in [-0.1, -0.05) is 40.5 Å². The molecular formula is C33H57NO5. The third kappa shape index (κ3) is 6.28. The predicted molar refractivity (Wildman–Crippen MR) is 154 cm³/mol. The number of carbonyl (C=O) groups is 2. The second-order valence-electron chi connectivity index (χ2n) is 14.5. The van der Waals surface area contributed by atoms with E-state index in [2.05, 4.69) is 33.0 Å². The van der Waals surface area contributed by atoms with Crippen LogP contribution in [-0.4, -0.2) is 51.9 Å². The molecule has 0 aromatic carbocycles. The second-order valence-corrected chi connectivity index (χ2v) is 14.5. The van der Waals surface area contributed by atoms with Gasteiger partial charge in [0.15, 0.2) is 0 Å². The summed E-state index contributed by atoms with van der Waals surface area (Å²) >= 11 is 0. The summed E-state index contributed by atoms with van der Waals surface area (Å²) in [5.74, 6) is 2.21. The molecular weight excluding hydrogens is 490 g/mol. The summed E-state index contributed by atoms with van der Waals surface area (Å²) in [6, 6.07) is 0. The SMILES string of the molecule is CCCCCC(=O)CCCNC(=O)CC[C@@H](C)C1CCC2C3C(O)CC4CC(O)CC[C@]4(C)C3CC(O)[C@@]21C. The lowest BCUT2D eigenvalue weighted by atomic mass is 9.43. The lowest BCUT2D eigenvalue weighted by Gasteiger charge is -2.63. The molecule has 6 heteroatoms. The van der Waals surface area contributed by atoms with Crippen LogP contribution in [0.4, 0.5) is 0 Å². The number of unbranched alkanes of at least 4 members (excludes halogenated alkanes) is 2. The molecule has 0 saturated heterocycles. The molecule has 4 N–H and O–H groups in total. The van der Waals surface area contributed by atoms with Gasteiger partial charge in [0.2, 0.25) is 5.91 Å². The molecule has 4 saturated carbocycles. The zero-order chi connectivity index (χ0) is 28.4. The van der Waals surface area contributed by atoms with Gasteiger partial charge in [-0.25, -0.2) is 0 Å². The number of Topliss-reactive ketones (excluding diaryl/α,β-unsaturated/α-hetero) is 1. The molecule has 6 nitrogen and oxygen atoms in total. The first-order chi connectivity index (χ1) is 18.5. The zero-order valence-corrected chi connectivity index (χ0v) is 25.2. The number of ketones is 1. The molecule has 0 spiro atoms. The Morgan fingerprint density at radius 3 is 2.41 bits per heavy atom. The van der Waals surface area contributed by atoms with Crippen molar-refractivity contribution in [2.75, 3.05) is 6.54 Å². The summed E-state index contributed by atoms with van der Waals surface area (Å²) in [4.78, 5) is 24.5. The highest BCUT2D eigenvalue weighted by Gasteiger charge is 2.65. The monoisotopic (exact) mass is 547 g/mol. The van der Waals surface area contributed by atoms with Gasteiger partial charge >= 0.3 is 0 Å². The molecule has 8 unspecified atom stereocenters. The largest absolute Gasteiger partial charge is 0.393 e. The third-order valence-corrected chi connectivity index (χ3v) is 12.4. The number of fused-ring (bicyclic) bond motifs is 5. The third-order valence-electron chi connectivity index (χ3n) is 12.4. The normalized spacial score (nSPS) is 42.2. The minimum absolute atomic E-state index is 0.0605. The van der Waals surface area contributed by atoms with Crippen molar-refractivity contribution in [2.24, 2.45) is 46.3 Å². The van der Waals surface area contributed by atoms with Crippen LogP contribution >= 0.6 is 0 Å². The Labute approximate surface area is 237 Å². The van der Waals surface area contributed by atoms with Crippen molar-refractivity contribution in [1.29, 1.82) is 0 Å². The van der Waals surface area contributed by atoms with E-state index in [1.807, 2.05) is 0 Å². The van der Waals surface area contributed by atoms with E-state index in [1.165, 1.54) is 0 Å². The second kappa shape index (κ2) is 12.9. The zero-order valence-electron chi connectivity index (χ0n) is 25.2. The quantitative estimate of drug-likeness (QED) is 0.245. The minimum Gasteiger partial charge on any atom is -0.393 e. The number of aliphatic hydroxyl groups is 3. The first kappa shape index (κ1) is 31.0. The van der Waals surface area contributed by atoms with Crippen molar-refractivity contribution in [3.63, 3.8) is 0 Å². The van der Waals surface area contributed by atoms with Crippen molar-refractivity contribution in [3.05, 3.63) is 0 Å². The van der Waals surface area contributed by atoms with Crippen LogP contribution in [-0.2, 0) is 9.59 Å². The van der Waals surface area contributed by atoms with Crippen molar-refractivity contribution < 1.29 is 24.9 Å². The Balaban J connectivity index is 1.30. The first-order valence-electron chi connectivity index (χ1n) is 16.3. The summed E-state index contributed by atoms with van der Waals surface area (Å²) in [5, 5.41) is 36.5. The number of rotatable bonds is 12. The fourth-order valence-corrected chi connectivity index (χ4v) is 9.99. The highest BCUT2D eigenvalue weighted by Crippen LogP contribution is 2.68. The molecule has 0 aromatic heterocycles. The van der Waals surface area contributed by atoms with E-state index in [0.29, 0.717) is 67.6 Å². The van der Waals surface area contributed by atoms with Gasteiger partial charge in [-0.3, -0.25) is 9.59 Å². The Kier molecular flexibility index (Phi) is 10.2. The van der Waals surface area contributed by atoms with E-state index in [1.54, 1.807) is 0 Å². The summed E-state index contributed by atoms with van der Waals surface area (Å²) in [5.41, 5.74) is -0.138. The van der Waals surface area contributed by atoms with Gasteiger partial charge < -0.3 is 20.6 Å². The molecule has 4 aliphatic carbocycles. The molecule has 4 fully saturated rings. The maximum Gasteiger partial charge on any atom is 0.220 e. The van der Waals surface area contributed by atoms with Crippen molar-refractivity contribution in [2.45, 2.75) is 142 Å². The van der Waals surface area contributed by atoms with E-state index in [9.17, 15) is 24.9 Å². The van der Waals surface area contributed by atoms with Gasteiger partial charge in [0.1, 0.15) is 5.78 Å². The van der Waals surface area contributed by atoms with E-state index in [4.69, 9.17) is 0 Å². The number of nitrogens with one attached hydrogen (secondary N) is 1. The maximum absolute atomic E-state index is 12.6. The minimum atomic E-state index is -0.392. The van der Waals surface area contributed by atoms with Gasteiger partial charge in [-0.15, -0.1) is 0 Å². The smallest absolute Gasteiger partial charge is 0.220 e. The molecule has 0 aromatic rings. The first-order valence-corrected chi connectivity index (χ1v) is 16.3. The Morgan fingerprint density at radius 1 is 0.923 bits per heavy atom. The maximum atomic E-state index is 12.6. The summed E-state index contributed by atoms with van der Waals surface area (Å²) in [7, 11) is 0. The Morgan fingerprint density at radius 2 is 1.67 bits per heavy atom. The molecule has 39 heavy (non-hydrogen) atoms. The topological polar surface area (TPSA) is 107 Å². The van der Waals surface area contributed by atoms with Crippen LogP contribution in [0.3, 0.4) is 0 Å². The highest BCUT2D eigenvalue weighted by molar-refractivity contribution is 5.78. The molecule has 0 radical (unpaired) electrons. The lowest BCUT2D eigenvalue weighted by molar-refractivity contribution is -0.207. The van der Waals surface area contributed by atoms with E-state index < -0.39 is 6.10 Å². The molecule has 11 atom stereocenters. The van der Waals surface area contributed by atoms with Gasteiger partial charge in [-0.2, -0.15) is 0 Å². The number of hydrogen-bond donors (Lipinski definition) is 4. The average molecular weight is 548 g/mol. The molecule has 0 aliphatic heterocycles. The van der Waals surface area contributed by atoms with Crippen LogP contribution in [0.5, 0.6) is 0 Å². The van der Waals surface area contributed by atoms with Crippen molar-refractivity contribution in [1.82, 2.24) is 5.32 Å². The predicted octanol–water partition coefficient (Wildman–Crippen LogP) is 5.41. The van der Waals surface area contributed by atoms with Crippen LogP contribution in [0.15, 0.2) is 0 Å². The Hall–Kier alpha value is -0.980. The van der Waals surface area contributed by atoms with E-state index in [0.717, 1.165) is 70.6 Å². The Bertz CT molecular complexity index is 848. The fourth-order valence-electron chi connectivity index (χ4n) is 9.99. The molecule has 1 amide bonds. The molecule has 0 bridgehead atoms. The van der Waals surface area contributed by atoms with E-state index in [-0.39, 0.29) is 34.9 Å². The van der Waals surface area contributed by atoms with Crippen LogP contribution in [0.2, 0.25) is 0 Å². The van der Waals surface area contributed by atoms with Crippen LogP contribution in [0, 0.1) is 46.3 Å². The van der Waals surface area contributed by atoms with Crippen LogP contribution in [0.25, 0.3) is 0 Å². The fraction of sp³-hybridized carbons (Fsp3) is 0.939. The van der Waals surface area contributed by atoms with Crippen LogP contribution < -0.4 is 5.32 Å². The van der Waals surface area contributed by atoms with Crippen molar-refractivity contribution >= 4 is 11.7 Å². The number of hydrogen-bond acceptors (Lipinski definition) is 5. The standard InChI is InChI=1S/C33H57NO5/c1-5-6-7-9-23(35)10-8-17-34-30(39)14-11-21(2)25-12-13-26-31-27(20-29(38)33(25,26)4)32(3)16-15-24(36)18-22(32)19-28(31)37/h21-22,24-29,31,36-38H,5-20H2,1-4H3,(H,34,39)/t21-,22?,24?,25?,26?,27?,28?,29?,31?,32+,33-/m1/s1. The summed E-state index contributed by atoms with van der Waals surface area (Å²) in [6.45, 7) is 9.59. The molecule has 224 valence electrons. The van der Waals surface area contributed by atoms with Gasteiger partial charge in [0.05, 0.1) is 18.3 Å².